The van der Waals surface area contributed by atoms with Crippen molar-refractivity contribution in [1.29, 1.82) is 0 Å². The molecular formula is C14H19N5O3S. The molecule has 3 N–H and O–H groups in total. The van der Waals surface area contributed by atoms with E-state index in [4.69, 9.17) is 5.11 Å². The lowest BCUT2D eigenvalue weighted by molar-refractivity contribution is -0.139. The molecule has 3 aromatic rings. The first-order valence-electron chi connectivity index (χ1n) is 6.91. The Balaban J connectivity index is 0.00000169. The van der Waals surface area contributed by atoms with Gasteiger partial charge in [0, 0.05) is 22.7 Å². The van der Waals surface area contributed by atoms with Crippen molar-refractivity contribution in [2.45, 2.75) is 6.42 Å². The van der Waals surface area contributed by atoms with Gasteiger partial charge >= 0.3 is 5.97 Å². The van der Waals surface area contributed by atoms with Gasteiger partial charge < -0.3 is 15.4 Å². The van der Waals surface area contributed by atoms with Gasteiger partial charge in [-0.15, -0.1) is 11.3 Å². The Kier molecular flexibility index (Phi) is 3.08. The van der Waals surface area contributed by atoms with Gasteiger partial charge in [-0.25, -0.2) is 15.0 Å². The number of rotatable bonds is 4. The molecule has 0 spiro atoms. The Labute approximate surface area is 139 Å². The van der Waals surface area contributed by atoms with Crippen LogP contribution in [-0.4, -0.2) is 36.9 Å². The van der Waals surface area contributed by atoms with Gasteiger partial charge in [-0.05, 0) is 12.5 Å². The van der Waals surface area contributed by atoms with E-state index in [1.54, 1.807) is 11.6 Å². The fraction of sp³-hybridized carbons (Fsp3) is 0.214. The molecule has 1 amide bonds. The van der Waals surface area contributed by atoms with Gasteiger partial charge in [-0.2, -0.15) is 0 Å². The van der Waals surface area contributed by atoms with Gasteiger partial charge in [-0.3, -0.25) is 9.59 Å². The van der Waals surface area contributed by atoms with E-state index in [2.05, 4.69) is 25.3 Å². The molecule has 1 aliphatic carbocycles. The van der Waals surface area contributed by atoms with Crippen molar-refractivity contribution in [2.75, 3.05) is 5.32 Å². The van der Waals surface area contributed by atoms with Crippen LogP contribution in [0.4, 0.5) is 5.13 Å². The molecule has 0 bridgehead atoms. The highest BCUT2D eigenvalue weighted by atomic mass is 32.1. The van der Waals surface area contributed by atoms with Crippen LogP contribution in [0.2, 0.25) is 0 Å². The second-order valence-electron chi connectivity index (χ2n) is 5.28. The Morgan fingerprint density at radius 1 is 1.39 bits per heavy atom. The summed E-state index contributed by atoms with van der Waals surface area (Å²) in [5.74, 6) is -2.26. The standard InChI is InChI=1S/C14H11N5O3S.4H2/c20-12(7-3-8(7)13(21)22)19-14-18-9(4-23-14)10-6-1-2-15-11(6)17-5-16-10;;;;/h1-2,4-5,7-8H,3H2,(H,21,22)(H,15,16,17)(H,18,19,20);4*1H/t7-,8+;;;;/m1..../s1. The Morgan fingerprint density at radius 2 is 2.26 bits per heavy atom. The summed E-state index contributed by atoms with van der Waals surface area (Å²) in [6.07, 6.45) is 3.61. The molecule has 9 heteroatoms. The van der Waals surface area contributed by atoms with E-state index in [9.17, 15) is 9.59 Å². The van der Waals surface area contributed by atoms with Crippen LogP contribution in [0.15, 0.2) is 24.0 Å². The van der Waals surface area contributed by atoms with Crippen LogP contribution in [0.1, 0.15) is 12.1 Å². The van der Waals surface area contributed by atoms with Crippen molar-refractivity contribution < 1.29 is 20.4 Å². The Hall–Kier alpha value is -2.81. The van der Waals surface area contributed by atoms with Gasteiger partial charge in [0.1, 0.15) is 23.4 Å². The second-order valence-corrected chi connectivity index (χ2v) is 6.13. The number of aromatic amines is 1. The smallest absolute Gasteiger partial charge is 0.307 e. The Morgan fingerprint density at radius 3 is 3.04 bits per heavy atom. The topological polar surface area (TPSA) is 121 Å². The first kappa shape index (κ1) is 13.8. The normalized spacial score (nSPS) is 19.7. The number of H-pyrrole nitrogens is 1. The molecule has 0 radical (unpaired) electrons. The number of carbonyl (C=O) groups is 2. The minimum atomic E-state index is -0.930. The highest BCUT2D eigenvalue weighted by Gasteiger charge is 2.48. The van der Waals surface area contributed by atoms with Crippen LogP contribution in [0.5, 0.6) is 0 Å². The fourth-order valence-corrected chi connectivity index (χ4v) is 3.17. The number of amides is 1. The van der Waals surface area contributed by atoms with E-state index in [1.807, 2.05) is 6.07 Å². The predicted octanol–water partition coefficient (Wildman–Crippen LogP) is 2.72. The molecule has 23 heavy (non-hydrogen) atoms. The number of nitrogens with zero attached hydrogens (tertiary/aromatic N) is 3. The van der Waals surface area contributed by atoms with Crippen LogP contribution >= 0.6 is 11.3 Å². The van der Waals surface area contributed by atoms with E-state index in [-0.39, 0.29) is 11.6 Å². The number of thiazole rings is 1. The molecule has 3 heterocycles. The van der Waals surface area contributed by atoms with Gasteiger partial charge in [0.05, 0.1) is 11.8 Å². The number of carbonyl (C=O) groups excluding carboxylic acids is 1. The summed E-state index contributed by atoms with van der Waals surface area (Å²) >= 11 is 1.28. The Bertz CT molecular complexity index is 934. The van der Waals surface area contributed by atoms with E-state index in [0.29, 0.717) is 22.9 Å². The van der Waals surface area contributed by atoms with E-state index < -0.39 is 17.8 Å². The molecule has 3 aromatic heterocycles. The number of carboxylic acids is 1. The molecule has 4 rings (SSSR count). The summed E-state index contributed by atoms with van der Waals surface area (Å²) in [6, 6.07) is 1.87. The highest BCUT2D eigenvalue weighted by Crippen LogP contribution is 2.39. The number of carboxylic acid groups (broad SMARTS) is 1. The lowest BCUT2D eigenvalue weighted by Gasteiger charge is -2.00. The first-order valence-corrected chi connectivity index (χ1v) is 7.79. The predicted molar refractivity (Wildman–Crippen MR) is 91.3 cm³/mol. The summed E-state index contributed by atoms with van der Waals surface area (Å²) < 4.78 is 0. The summed E-state index contributed by atoms with van der Waals surface area (Å²) in [7, 11) is 0. The highest BCUT2D eigenvalue weighted by molar-refractivity contribution is 7.14. The van der Waals surface area contributed by atoms with Crippen molar-refractivity contribution in [3.63, 3.8) is 0 Å². The zero-order chi connectivity index (χ0) is 16.0. The molecule has 8 nitrogen and oxygen atoms in total. The monoisotopic (exact) mass is 337 g/mol. The number of aliphatic carboxylic acids is 1. The molecule has 0 aliphatic heterocycles. The zero-order valence-electron chi connectivity index (χ0n) is 11.7. The average molecular weight is 337 g/mol. The molecule has 1 fully saturated rings. The maximum atomic E-state index is 12.0. The summed E-state index contributed by atoms with van der Waals surface area (Å²) in [6.45, 7) is 0. The van der Waals surface area contributed by atoms with Crippen LogP contribution in [-0.2, 0) is 9.59 Å². The maximum absolute atomic E-state index is 12.0. The lowest BCUT2D eigenvalue weighted by Crippen LogP contribution is -2.16. The first-order chi connectivity index (χ1) is 11.1. The quantitative estimate of drug-likeness (QED) is 0.673. The van der Waals surface area contributed by atoms with E-state index in [0.717, 1.165) is 11.0 Å². The number of aromatic nitrogens is 4. The molecule has 124 valence electrons. The summed E-state index contributed by atoms with van der Waals surface area (Å²) in [5, 5.41) is 14.6. The number of hydrogen-bond donors (Lipinski definition) is 3. The second kappa shape index (κ2) is 5.13. The van der Waals surface area contributed by atoms with Crippen molar-refractivity contribution in [3.05, 3.63) is 24.0 Å². The molecular weight excluding hydrogens is 318 g/mol. The SMILES string of the molecule is O=C(O)[C@H]1C[C@H]1C(=O)Nc1nc(-c2ncnc3[nH]ccc23)cs1.[HH].[HH].[HH].[HH]. The minimum Gasteiger partial charge on any atom is -0.481 e. The van der Waals surface area contributed by atoms with Crippen LogP contribution in [0.3, 0.4) is 0 Å². The fourth-order valence-electron chi connectivity index (χ4n) is 2.47. The third kappa shape index (κ3) is 2.44. The number of fused-ring (bicyclic) bond motifs is 1. The van der Waals surface area contributed by atoms with Crippen molar-refractivity contribution in [3.8, 4) is 11.4 Å². The number of anilines is 1. The molecule has 0 unspecified atom stereocenters. The molecule has 1 saturated carbocycles. The number of nitrogens with one attached hydrogen (secondary N) is 2. The molecule has 2 atom stereocenters. The van der Waals surface area contributed by atoms with Gasteiger partial charge in [0.25, 0.3) is 0 Å². The van der Waals surface area contributed by atoms with Gasteiger partial charge in [0.15, 0.2) is 5.13 Å². The van der Waals surface area contributed by atoms with Gasteiger partial charge in [-0.1, -0.05) is 0 Å². The average Bonchev–Trinajstić information content (AvgIpc) is 2.98. The third-order valence-electron chi connectivity index (χ3n) is 3.78. The molecule has 0 aromatic carbocycles. The van der Waals surface area contributed by atoms with Crippen LogP contribution in [0, 0.1) is 11.8 Å². The summed E-state index contributed by atoms with van der Waals surface area (Å²) in [4.78, 5) is 38.5. The van der Waals surface area contributed by atoms with Crippen molar-refractivity contribution in [1.82, 2.24) is 19.9 Å². The van der Waals surface area contributed by atoms with Crippen molar-refractivity contribution >= 4 is 39.4 Å². The molecule has 0 saturated heterocycles. The maximum Gasteiger partial charge on any atom is 0.307 e. The minimum absolute atomic E-state index is 0. The number of hydrogen-bond acceptors (Lipinski definition) is 6. The van der Waals surface area contributed by atoms with Gasteiger partial charge in [0.2, 0.25) is 5.91 Å². The lowest BCUT2D eigenvalue weighted by atomic mass is 10.2. The molecule has 1 aliphatic rings. The zero-order valence-corrected chi connectivity index (χ0v) is 12.5. The van der Waals surface area contributed by atoms with Crippen LogP contribution in [0.25, 0.3) is 22.4 Å². The van der Waals surface area contributed by atoms with E-state index in [1.165, 1.54) is 17.7 Å². The third-order valence-corrected chi connectivity index (χ3v) is 4.53. The van der Waals surface area contributed by atoms with E-state index >= 15 is 0 Å². The summed E-state index contributed by atoms with van der Waals surface area (Å²) in [5.41, 5.74) is 2.04. The van der Waals surface area contributed by atoms with Crippen molar-refractivity contribution in [2.24, 2.45) is 11.8 Å². The largest absolute Gasteiger partial charge is 0.481 e. The van der Waals surface area contributed by atoms with Crippen LogP contribution < -0.4 is 5.32 Å².